The van der Waals surface area contributed by atoms with Gasteiger partial charge in [0.15, 0.2) is 6.10 Å². The van der Waals surface area contributed by atoms with Crippen molar-refractivity contribution in [1.82, 2.24) is 0 Å². The molecule has 0 aliphatic heterocycles. The van der Waals surface area contributed by atoms with Gasteiger partial charge in [-0.1, -0.05) is 308 Å². The van der Waals surface area contributed by atoms with E-state index in [1.54, 1.807) is 0 Å². The van der Waals surface area contributed by atoms with Crippen molar-refractivity contribution in [2.45, 2.75) is 302 Å². The van der Waals surface area contributed by atoms with E-state index in [4.69, 9.17) is 18.5 Å². The molecule has 0 bridgehead atoms. The van der Waals surface area contributed by atoms with Crippen LogP contribution in [0.15, 0.2) is 134 Å². The number of nitrogens with zero attached hydrogens (tertiary/aromatic N) is 1. The standard InChI is InChI=1S/C78H134NO8P/c1-6-8-10-12-14-16-18-20-22-24-26-28-30-31-32-33-34-35-36-37-38-39-40-41-42-43-44-45-46-47-49-51-53-55-57-59-61-63-65-67-69-71-78(81)87-76(75-86-88(82,83)85-73-72-79(3,4)5)74-84-77(80)70-68-66-64-62-60-58-56-54-52-50-48-29-27-25-23-21-19-17-15-13-11-9-7-2/h8-11,14-17,20-23,26-29,31-32,34-35,50,52,76H,6-7,12-13,18-19,24-25,30,33,36-49,51,53-75H2,1-5H3/b10-8-,11-9-,16-14-,17-15-,22-20-,23-21-,28-26-,29-27-,32-31-,35-34-,52-50-. The first-order valence-corrected chi connectivity index (χ1v) is 37.4. The van der Waals surface area contributed by atoms with Gasteiger partial charge >= 0.3 is 11.9 Å². The predicted molar refractivity (Wildman–Crippen MR) is 378 cm³/mol. The van der Waals surface area contributed by atoms with E-state index in [2.05, 4.69) is 148 Å². The fourth-order valence-electron chi connectivity index (χ4n) is 9.75. The first kappa shape index (κ1) is 84.2. The molecule has 0 saturated heterocycles. The van der Waals surface area contributed by atoms with Crippen LogP contribution in [0.1, 0.15) is 296 Å². The maximum Gasteiger partial charge on any atom is 0.306 e. The lowest BCUT2D eigenvalue weighted by atomic mass is 10.0. The molecule has 0 aliphatic rings. The molecule has 2 unspecified atom stereocenters. The lowest BCUT2D eigenvalue weighted by Gasteiger charge is -2.28. The van der Waals surface area contributed by atoms with E-state index in [0.717, 1.165) is 116 Å². The topological polar surface area (TPSA) is 111 Å². The fourth-order valence-corrected chi connectivity index (χ4v) is 10.5. The third-order valence-electron chi connectivity index (χ3n) is 15.2. The highest BCUT2D eigenvalue weighted by Gasteiger charge is 2.22. The second-order valence-electron chi connectivity index (χ2n) is 24.8. The number of likely N-dealkylation sites (N-methyl/N-ethyl adjacent to an activating group) is 1. The molecule has 0 aromatic rings. The molecule has 2 atom stereocenters. The molecule has 0 heterocycles. The van der Waals surface area contributed by atoms with Crippen molar-refractivity contribution < 1.29 is 42.1 Å². The minimum atomic E-state index is -4.65. The minimum absolute atomic E-state index is 0.0369. The van der Waals surface area contributed by atoms with Crippen LogP contribution in [0.5, 0.6) is 0 Å². The summed E-state index contributed by atoms with van der Waals surface area (Å²) in [5.74, 6) is -0.842. The number of carbonyl (C=O) groups excluding carboxylic acids is 2. The Hall–Kier alpha value is -3.85. The number of hydrogen-bond donors (Lipinski definition) is 0. The number of phosphoric ester groups is 1. The van der Waals surface area contributed by atoms with Crippen LogP contribution >= 0.6 is 7.82 Å². The van der Waals surface area contributed by atoms with Crippen LogP contribution in [0.25, 0.3) is 0 Å². The third kappa shape index (κ3) is 71.2. The molecule has 0 N–H and O–H groups in total. The van der Waals surface area contributed by atoms with Gasteiger partial charge in [0, 0.05) is 12.8 Å². The zero-order valence-electron chi connectivity index (χ0n) is 57.4. The molecule has 0 saturated carbocycles. The molecular formula is C78H134NO8P. The Bertz CT molecular complexity index is 1950. The van der Waals surface area contributed by atoms with E-state index >= 15 is 0 Å². The average Bonchev–Trinajstić information content (AvgIpc) is 3.58. The van der Waals surface area contributed by atoms with E-state index in [9.17, 15) is 19.0 Å². The van der Waals surface area contributed by atoms with Crippen molar-refractivity contribution in [2.24, 2.45) is 0 Å². The van der Waals surface area contributed by atoms with Crippen molar-refractivity contribution in [3.05, 3.63) is 134 Å². The quantitative estimate of drug-likeness (QED) is 0.0195. The van der Waals surface area contributed by atoms with Crippen LogP contribution in [0.3, 0.4) is 0 Å². The summed E-state index contributed by atoms with van der Waals surface area (Å²) in [5, 5.41) is 0. The first-order chi connectivity index (χ1) is 43.0. The van der Waals surface area contributed by atoms with Gasteiger partial charge in [0.2, 0.25) is 0 Å². The molecule has 0 rings (SSSR count). The highest BCUT2D eigenvalue weighted by atomic mass is 31.2. The minimum Gasteiger partial charge on any atom is -0.756 e. The van der Waals surface area contributed by atoms with E-state index in [1.807, 2.05) is 21.1 Å². The van der Waals surface area contributed by atoms with Crippen LogP contribution in [0, 0.1) is 0 Å². The van der Waals surface area contributed by atoms with Crippen molar-refractivity contribution in [2.75, 3.05) is 47.5 Å². The van der Waals surface area contributed by atoms with Crippen molar-refractivity contribution in [1.29, 1.82) is 0 Å². The molecule has 9 nitrogen and oxygen atoms in total. The van der Waals surface area contributed by atoms with E-state index in [-0.39, 0.29) is 26.1 Å². The van der Waals surface area contributed by atoms with Gasteiger partial charge in [0.1, 0.15) is 19.8 Å². The number of phosphoric acid groups is 1. The van der Waals surface area contributed by atoms with E-state index in [0.29, 0.717) is 23.9 Å². The predicted octanol–water partition coefficient (Wildman–Crippen LogP) is 23.0. The zero-order chi connectivity index (χ0) is 64.1. The molecule has 0 aromatic carbocycles. The third-order valence-corrected chi connectivity index (χ3v) is 16.1. The van der Waals surface area contributed by atoms with Gasteiger partial charge < -0.3 is 27.9 Å². The molecule has 10 heteroatoms. The van der Waals surface area contributed by atoms with Crippen LogP contribution in [0.2, 0.25) is 0 Å². The Kier molecular flexibility index (Phi) is 64.6. The fraction of sp³-hybridized carbons (Fsp3) is 0.692. The summed E-state index contributed by atoms with van der Waals surface area (Å²) in [6, 6.07) is 0. The summed E-state index contributed by atoms with van der Waals surface area (Å²) in [6.45, 7) is 4.01. The van der Waals surface area contributed by atoms with E-state index < -0.39 is 32.5 Å². The van der Waals surface area contributed by atoms with Gasteiger partial charge in [0.05, 0.1) is 27.7 Å². The zero-order valence-corrected chi connectivity index (χ0v) is 58.3. The largest absolute Gasteiger partial charge is 0.756 e. The highest BCUT2D eigenvalue weighted by molar-refractivity contribution is 7.45. The van der Waals surface area contributed by atoms with Crippen LogP contribution in [0.4, 0.5) is 0 Å². The monoisotopic (exact) mass is 1240 g/mol. The van der Waals surface area contributed by atoms with Crippen molar-refractivity contribution in [3.63, 3.8) is 0 Å². The summed E-state index contributed by atoms with van der Waals surface area (Å²) in [5.41, 5.74) is 0. The molecule has 0 fully saturated rings. The Balaban J connectivity index is 3.99. The van der Waals surface area contributed by atoms with Gasteiger partial charge in [-0.3, -0.25) is 14.2 Å². The van der Waals surface area contributed by atoms with Gasteiger partial charge in [-0.05, 0) is 109 Å². The van der Waals surface area contributed by atoms with Crippen LogP contribution in [-0.4, -0.2) is 70.0 Å². The Labute approximate surface area is 542 Å². The molecule has 0 amide bonds. The molecular weight excluding hydrogens is 1110 g/mol. The normalized spacial score (nSPS) is 13.9. The maximum atomic E-state index is 12.9. The van der Waals surface area contributed by atoms with Gasteiger partial charge in [0.25, 0.3) is 7.82 Å². The van der Waals surface area contributed by atoms with Gasteiger partial charge in [-0.25, -0.2) is 0 Å². The van der Waals surface area contributed by atoms with Crippen LogP contribution < -0.4 is 4.89 Å². The number of rotatable bonds is 65. The summed E-state index contributed by atoms with van der Waals surface area (Å²) in [4.78, 5) is 38.1. The second kappa shape index (κ2) is 67.5. The number of esters is 2. The Morgan fingerprint density at radius 1 is 0.352 bits per heavy atom. The van der Waals surface area contributed by atoms with E-state index in [1.165, 1.54) is 141 Å². The number of ether oxygens (including phenoxy) is 2. The number of hydrogen-bond acceptors (Lipinski definition) is 8. The summed E-state index contributed by atoms with van der Waals surface area (Å²) >= 11 is 0. The molecule has 88 heavy (non-hydrogen) atoms. The van der Waals surface area contributed by atoms with Crippen molar-refractivity contribution in [3.8, 4) is 0 Å². The molecule has 0 aliphatic carbocycles. The Morgan fingerprint density at radius 2 is 0.614 bits per heavy atom. The lowest BCUT2D eigenvalue weighted by molar-refractivity contribution is -0.870. The number of carbonyl (C=O) groups is 2. The van der Waals surface area contributed by atoms with Gasteiger partial charge in [-0.2, -0.15) is 0 Å². The number of unbranched alkanes of at least 4 members (excludes halogenated alkanes) is 29. The molecule has 0 aromatic heterocycles. The van der Waals surface area contributed by atoms with Crippen molar-refractivity contribution >= 4 is 19.8 Å². The smallest absolute Gasteiger partial charge is 0.306 e. The molecule has 0 spiro atoms. The second-order valence-corrected chi connectivity index (χ2v) is 26.2. The molecule has 0 radical (unpaired) electrons. The van der Waals surface area contributed by atoms with Gasteiger partial charge in [-0.15, -0.1) is 0 Å². The first-order valence-electron chi connectivity index (χ1n) is 35.9. The molecule has 504 valence electrons. The number of quaternary nitrogens is 1. The highest BCUT2D eigenvalue weighted by Crippen LogP contribution is 2.38. The summed E-state index contributed by atoms with van der Waals surface area (Å²) in [6.07, 6.45) is 98.3. The lowest BCUT2D eigenvalue weighted by Crippen LogP contribution is -2.37. The van der Waals surface area contributed by atoms with Crippen LogP contribution in [-0.2, 0) is 32.7 Å². The maximum absolute atomic E-state index is 12.9. The SMILES string of the molecule is CC/C=C\C/C=C\C/C=C\C/C=C\C/C=C\C/C=C\CCCCCCCCCCCCCCCCCCCCCCCCC(=O)OC(COC(=O)CCCCCCCCC/C=C\C/C=C\C/C=C\C/C=C\C/C=C\CC)COP(=O)([O-])OCC[N+](C)(C)C. The Morgan fingerprint density at radius 3 is 0.909 bits per heavy atom. The average molecular weight is 1240 g/mol. The number of allylic oxidation sites excluding steroid dienone is 22. The summed E-state index contributed by atoms with van der Waals surface area (Å²) < 4.78 is 34.3. The summed E-state index contributed by atoms with van der Waals surface area (Å²) in [7, 11) is 1.16.